The molecule has 0 spiro atoms. The number of thiophene rings is 1. The topological polar surface area (TPSA) is 39.2 Å². The van der Waals surface area contributed by atoms with Gasteiger partial charge in [0.25, 0.3) is 0 Å². The fourth-order valence-corrected chi connectivity index (χ4v) is 2.19. The first kappa shape index (κ1) is 10.8. The fourth-order valence-electron chi connectivity index (χ4n) is 1.50. The van der Waals surface area contributed by atoms with E-state index >= 15 is 0 Å². The average molecular weight is 233 g/mol. The number of ketones is 1. The fraction of sp³-hybridized carbons (Fsp3) is 0.167. The molecule has 0 aliphatic rings. The van der Waals surface area contributed by atoms with Crippen molar-refractivity contribution in [2.75, 3.05) is 7.11 Å². The summed E-state index contributed by atoms with van der Waals surface area (Å²) in [5.41, 5.74) is 1.29. The van der Waals surface area contributed by atoms with Crippen molar-refractivity contribution in [3.8, 4) is 5.75 Å². The van der Waals surface area contributed by atoms with Crippen molar-refractivity contribution in [1.29, 1.82) is 0 Å². The van der Waals surface area contributed by atoms with Crippen molar-refractivity contribution in [1.82, 2.24) is 4.98 Å². The van der Waals surface area contributed by atoms with Crippen LogP contribution in [0.25, 0.3) is 0 Å². The molecule has 0 amide bonds. The molecular formula is C12H11NO2S. The lowest BCUT2D eigenvalue weighted by Gasteiger charge is -2.05. The molecule has 0 unspecified atom stereocenters. The highest BCUT2D eigenvalue weighted by Gasteiger charge is 2.16. The lowest BCUT2D eigenvalue weighted by Crippen LogP contribution is -2.04. The van der Waals surface area contributed by atoms with E-state index in [1.807, 2.05) is 18.4 Å². The molecular weight excluding hydrogens is 222 g/mol. The number of nitrogens with zero attached hydrogens (tertiary/aromatic N) is 1. The molecule has 4 heteroatoms. The van der Waals surface area contributed by atoms with Crippen LogP contribution in [0.1, 0.15) is 20.8 Å². The van der Waals surface area contributed by atoms with Crippen molar-refractivity contribution in [2.24, 2.45) is 0 Å². The van der Waals surface area contributed by atoms with Crippen LogP contribution in [0.5, 0.6) is 5.75 Å². The van der Waals surface area contributed by atoms with Gasteiger partial charge in [-0.1, -0.05) is 0 Å². The molecule has 0 aliphatic heterocycles. The van der Waals surface area contributed by atoms with E-state index in [0.717, 1.165) is 10.4 Å². The summed E-state index contributed by atoms with van der Waals surface area (Å²) < 4.78 is 5.12. The molecule has 16 heavy (non-hydrogen) atoms. The minimum Gasteiger partial charge on any atom is -0.494 e. The van der Waals surface area contributed by atoms with Gasteiger partial charge in [0.2, 0.25) is 0 Å². The van der Waals surface area contributed by atoms with Crippen LogP contribution in [0.3, 0.4) is 0 Å². The van der Waals surface area contributed by atoms with Gasteiger partial charge in [-0.05, 0) is 24.4 Å². The lowest BCUT2D eigenvalue weighted by molar-refractivity contribution is 0.103. The Labute approximate surface area is 97.7 Å². The molecule has 0 saturated carbocycles. The number of pyridine rings is 1. The molecule has 0 radical (unpaired) electrons. The van der Waals surface area contributed by atoms with E-state index in [4.69, 9.17) is 4.74 Å². The molecule has 0 bridgehead atoms. The van der Waals surface area contributed by atoms with Gasteiger partial charge in [-0.25, -0.2) is 0 Å². The minimum atomic E-state index is -0.0157. The molecule has 2 rings (SSSR count). The third kappa shape index (κ3) is 1.84. The summed E-state index contributed by atoms with van der Waals surface area (Å²) in [6, 6.07) is 3.51. The first-order valence-corrected chi connectivity index (χ1v) is 5.69. The van der Waals surface area contributed by atoms with E-state index in [1.54, 1.807) is 29.8 Å². The Hall–Kier alpha value is -1.68. The van der Waals surface area contributed by atoms with Crippen LogP contribution < -0.4 is 4.74 Å². The standard InChI is InChI=1S/C12H11NO2S/c1-8-9(4-6-16-8)12(14)10-3-5-13-7-11(10)15-2/h3-7H,1-2H3. The average Bonchev–Trinajstić information content (AvgIpc) is 2.74. The summed E-state index contributed by atoms with van der Waals surface area (Å²) in [6.07, 6.45) is 3.15. The number of aryl methyl sites for hydroxylation is 1. The molecule has 2 aromatic heterocycles. The summed E-state index contributed by atoms with van der Waals surface area (Å²) in [5, 5.41) is 1.91. The van der Waals surface area contributed by atoms with E-state index in [9.17, 15) is 4.79 Å². The summed E-state index contributed by atoms with van der Waals surface area (Å²) in [5.74, 6) is 0.496. The maximum absolute atomic E-state index is 12.2. The maximum Gasteiger partial charge on any atom is 0.197 e. The largest absolute Gasteiger partial charge is 0.494 e. The Morgan fingerprint density at radius 2 is 2.19 bits per heavy atom. The normalized spacial score (nSPS) is 10.1. The molecule has 0 saturated heterocycles. The van der Waals surface area contributed by atoms with Gasteiger partial charge in [0.05, 0.1) is 18.9 Å². The Morgan fingerprint density at radius 1 is 1.38 bits per heavy atom. The highest BCUT2D eigenvalue weighted by molar-refractivity contribution is 7.10. The van der Waals surface area contributed by atoms with Gasteiger partial charge >= 0.3 is 0 Å². The van der Waals surface area contributed by atoms with Gasteiger partial charge < -0.3 is 4.74 Å². The highest BCUT2D eigenvalue weighted by Crippen LogP contribution is 2.23. The lowest BCUT2D eigenvalue weighted by atomic mass is 10.1. The smallest absolute Gasteiger partial charge is 0.197 e. The van der Waals surface area contributed by atoms with Gasteiger partial charge in [0, 0.05) is 16.6 Å². The zero-order chi connectivity index (χ0) is 11.5. The zero-order valence-corrected chi connectivity index (χ0v) is 9.88. The van der Waals surface area contributed by atoms with Crippen LogP contribution in [0.4, 0.5) is 0 Å². The first-order chi connectivity index (χ1) is 7.74. The monoisotopic (exact) mass is 233 g/mol. The molecule has 0 aromatic carbocycles. The number of aromatic nitrogens is 1. The van der Waals surface area contributed by atoms with E-state index in [1.165, 1.54) is 7.11 Å². The first-order valence-electron chi connectivity index (χ1n) is 4.81. The zero-order valence-electron chi connectivity index (χ0n) is 9.06. The Kier molecular flexibility index (Phi) is 3.01. The number of hydrogen-bond acceptors (Lipinski definition) is 4. The quantitative estimate of drug-likeness (QED) is 0.765. The third-order valence-electron chi connectivity index (χ3n) is 2.35. The molecule has 0 N–H and O–H groups in total. The van der Waals surface area contributed by atoms with Crippen LogP contribution in [0, 0.1) is 6.92 Å². The molecule has 2 aromatic rings. The van der Waals surface area contributed by atoms with Crippen LogP contribution in [-0.4, -0.2) is 17.9 Å². The van der Waals surface area contributed by atoms with Crippen molar-refractivity contribution in [3.05, 3.63) is 45.9 Å². The number of methoxy groups -OCH3 is 1. The highest BCUT2D eigenvalue weighted by atomic mass is 32.1. The predicted molar refractivity (Wildman–Crippen MR) is 63.3 cm³/mol. The van der Waals surface area contributed by atoms with Crippen LogP contribution in [0.2, 0.25) is 0 Å². The number of carbonyl (C=O) groups excluding carboxylic acids is 1. The van der Waals surface area contributed by atoms with E-state index in [0.29, 0.717) is 11.3 Å². The van der Waals surface area contributed by atoms with Gasteiger partial charge in [0.1, 0.15) is 5.75 Å². The predicted octanol–water partition coefficient (Wildman–Crippen LogP) is 2.69. The van der Waals surface area contributed by atoms with Crippen LogP contribution >= 0.6 is 11.3 Å². The minimum absolute atomic E-state index is 0.0157. The van der Waals surface area contributed by atoms with Gasteiger partial charge in [-0.15, -0.1) is 11.3 Å². The molecule has 2 heterocycles. The molecule has 0 fully saturated rings. The van der Waals surface area contributed by atoms with Crippen molar-refractivity contribution in [2.45, 2.75) is 6.92 Å². The molecule has 3 nitrogen and oxygen atoms in total. The molecule has 82 valence electrons. The second-order valence-corrected chi connectivity index (χ2v) is 4.42. The number of carbonyl (C=O) groups is 1. The van der Waals surface area contributed by atoms with Gasteiger partial charge in [-0.3, -0.25) is 9.78 Å². The Morgan fingerprint density at radius 3 is 2.81 bits per heavy atom. The SMILES string of the molecule is COc1cnccc1C(=O)c1ccsc1C. The summed E-state index contributed by atoms with van der Waals surface area (Å²) in [7, 11) is 1.54. The third-order valence-corrected chi connectivity index (χ3v) is 3.20. The Bertz CT molecular complexity index is 519. The van der Waals surface area contributed by atoms with Crippen molar-refractivity contribution in [3.63, 3.8) is 0 Å². The van der Waals surface area contributed by atoms with E-state index < -0.39 is 0 Å². The van der Waals surface area contributed by atoms with E-state index in [2.05, 4.69) is 4.98 Å². The van der Waals surface area contributed by atoms with Crippen molar-refractivity contribution >= 4 is 17.1 Å². The van der Waals surface area contributed by atoms with Crippen LogP contribution in [-0.2, 0) is 0 Å². The maximum atomic E-state index is 12.2. The number of hydrogen-bond donors (Lipinski definition) is 0. The summed E-state index contributed by atoms with van der Waals surface area (Å²) in [4.78, 5) is 17.2. The second kappa shape index (κ2) is 4.45. The summed E-state index contributed by atoms with van der Waals surface area (Å²) in [6.45, 7) is 1.94. The number of rotatable bonds is 3. The number of ether oxygens (including phenoxy) is 1. The van der Waals surface area contributed by atoms with Crippen molar-refractivity contribution < 1.29 is 9.53 Å². The molecule has 0 aliphatic carbocycles. The molecule has 0 atom stereocenters. The second-order valence-electron chi connectivity index (χ2n) is 3.30. The van der Waals surface area contributed by atoms with E-state index in [-0.39, 0.29) is 5.78 Å². The Balaban J connectivity index is 2.46. The van der Waals surface area contributed by atoms with Crippen LogP contribution in [0.15, 0.2) is 29.9 Å². The van der Waals surface area contributed by atoms with Gasteiger partial charge in [0.15, 0.2) is 5.78 Å². The summed E-state index contributed by atoms with van der Waals surface area (Å²) >= 11 is 1.56. The van der Waals surface area contributed by atoms with Gasteiger partial charge in [-0.2, -0.15) is 0 Å².